The Hall–Kier alpha value is -1.47. The molecule has 2 aromatic rings. The number of aromatic amines is 1. The highest BCUT2D eigenvalue weighted by Crippen LogP contribution is 2.27. The van der Waals surface area contributed by atoms with Gasteiger partial charge in [-0.15, -0.1) is 5.10 Å². The quantitative estimate of drug-likeness (QED) is 0.884. The third-order valence-corrected chi connectivity index (χ3v) is 3.86. The number of benzene rings is 1. The van der Waals surface area contributed by atoms with Crippen molar-refractivity contribution in [1.29, 1.82) is 0 Å². The summed E-state index contributed by atoms with van der Waals surface area (Å²) in [6.07, 6.45) is 0.938. The first kappa shape index (κ1) is 12.6. The smallest absolute Gasteiger partial charge is 0.245 e. The topological polar surface area (TPSA) is 70.8 Å². The number of hydrogen-bond donors (Lipinski definition) is 2. The zero-order valence-electron chi connectivity index (χ0n) is 10.1. The van der Waals surface area contributed by atoms with Crippen molar-refractivity contribution >= 4 is 21.9 Å². The molecule has 0 radical (unpaired) electrons. The van der Waals surface area contributed by atoms with Gasteiger partial charge in [0.15, 0.2) is 5.82 Å². The molecular weight excluding hydrogens is 313 g/mol. The molecule has 0 spiro atoms. The number of aromatic nitrogens is 3. The third kappa shape index (κ3) is 2.48. The molecule has 0 aliphatic carbocycles. The van der Waals surface area contributed by atoms with E-state index in [1.54, 1.807) is 6.07 Å². The highest BCUT2D eigenvalue weighted by Gasteiger charge is 2.22. The number of hydrogen-bond acceptors (Lipinski definition) is 4. The van der Waals surface area contributed by atoms with Crippen LogP contribution in [0.1, 0.15) is 6.42 Å². The molecule has 7 heteroatoms. The van der Waals surface area contributed by atoms with Crippen molar-refractivity contribution in [3.05, 3.63) is 28.5 Å². The van der Waals surface area contributed by atoms with E-state index >= 15 is 0 Å². The molecule has 1 atom stereocenters. The molecule has 0 amide bonds. The molecule has 3 rings (SSSR count). The summed E-state index contributed by atoms with van der Waals surface area (Å²) in [5.74, 6) is 0.848. The van der Waals surface area contributed by atoms with Gasteiger partial charge in [0.1, 0.15) is 5.82 Å². The Balaban J connectivity index is 1.90. The van der Waals surface area contributed by atoms with E-state index in [1.165, 1.54) is 12.1 Å². The number of nitrogens with zero attached hydrogens (tertiary/aromatic N) is 3. The first-order valence-electron chi connectivity index (χ1n) is 6.02. The Morgan fingerprint density at radius 2 is 2.32 bits per heavy atom. The summed E-state index contributed by atoms with van der Waals surface area (Å²) >= 11 is 3.38. The third-order valence-electron chi connectivity index (χ3n) is 3.16. The van der Waals surface area contributed by atoms with E-state index < -0.39 is 0 Å². The number of halogens is 2. The van der Waals surface area contributed by atoms with Gasteiger partial charge >= 0.3 is 0 Å². The lowest BCUT2D eigenvalue weighted by Gasteiger charge is -2.11. The zero-order valence-corrected chi connectivity index (χ0v) is 11.7. The van der Waals surface area contributed by atoms with E-state index in [0.717, 1.165) is 24.0 Å². The highest BCUT2D eigenvalue weighted by molar-refractivity contribution is 9.10. The van der Waals surface area contributed by atoms with Gasteiger partial charge in [0, 0.05) is 29.2 Å². The maximum Gasteiger partial charge on any atom is 0.245 e. The van der Waals surface area contributed by atoms with Crippen LogP contribution in [0.25, 0.3) is 11.4 Å². The average molecular weight is 326 g/mol. The van der Waals surface area contributed by atoms with Crippen LogP contribution in [0.2, 0.25) is 0 Å². The van der Waals surface area contributed by atoms with Crippen molar-refractivity contribution in [1.82, 2.24) is 15.2 Å². The molecule has 0 bridgehead atoms. The lowest BCUT2D eigenvalue weighted by atomic mass is 10.2. The second-order valence-corrected chi connectivity index (χ2v) is 5.46. The monoisotopic (exact) mass is 325 g/mol. The fourth-order valence-electron chi connectivity index (χ4n) is 2.16. The van der Waals surface area contributed by atoms with Gasteiger partial charge in [-0.1, -0.05) is 15.9 Å². The fraction of sp³-hybridized carbons (Fsp3) is 0.333. The molecule has 3 N–H and O–H groups in total. The number of nitrogens with two attached hydrogens (primary N) is 1. The first-order chi connectivity index (χ1) is 9.13. The molecule has 1 aromatic carbocycles. The zero-order chi connectivity index (χ0) is 13.4. The van der Waals surface area contributed by atoms with E-state index in [4.69, 9.17) is 5.73 Å². The van der Waals surface area contributed by atoms with Gasteiger partial charge in [-0.25, -0.2) is 4.39 Å². The Labute approximate surface area is 118 Å². The van der Waals surface area contributed by atoms with E-state index in [0.29, 0.717) is 17.3 Å². The summed E-state index contributed by atoms with van der Waals surface area (Å²) in [4.78, 5) is 6.43. The maximum atomic E-state index is 13.3. The summed E-state index contributed by atoms with van der Waals surface area (Å²) in [5.41, 5.74) is 6.51. The Morgan fingerprint density at radius 3 is 3.05 bits per heavy atom. The summed E-state index contributed by atoms with van der Waals surface area (Å²) in [6.45, 7) is 1.60. The predicted octanol–water partition coefficient (Wildman–Crippen LogP) is 1.91. The van der Waals surface area contributed by atoms with Crippen molar-refractivity contribution < 1.29 is 4.39 Å². The number of nitrogens with one attached hydrogen (secondary N) is 1. The van der Waals surface area contributed by atoms with Gasteiger partial charge in [-0.2, -0.15) is 4.98 Å². The Morgan fingerprint density at radius 1 is 1.47 bits per heavy atom. The molecule has 100 valence electrons. The average Bonchev–Trinajstić information content (AvgIpc) is 3.00. The van der Waals surface area contributed by atoms with Gasteiger partial charge in [0.25, 0.3) is 0 Å². The maximum absolute atomic E-state index is 13.3. The number of H-pyrrole nitrogens is 1. The van der Waals surface area contributed by atoms with Crippen LogP contribution in [0.15, 0.2) is 22.7 Å². The van der Waals surface area contributed by atoms with Gasteiger partial charge < -0.3 is 10.6 Å². The lowest BCUT2D eigenvalue weighted by Crippen LogP contribution is -2.26. The van der Waals surface area contributed by atoms with Crippen molar-refractivity contribution in [2.45, 2.75) is 12.5 Å². The molecule has 2 heterocycles. The van der Waals surface area contributed by atoms with E-state index in [9.17, 15) is 4.39 Å². The highest BCUT2D eigenvalue weighted by atomic mass is 79.9. The Bertz CT molecular complexity index is 600. The predicted molar refractivity (Wildman–Crippen MR) is 74.3 cm³/mol. The molecule has 1 fully saturated rings. The molecule has 5 nitrogen and oxygen atoms in total. The minimum atomic E-state index is -0.306. The lowest BCUT2D eigenvalue weighted by molar-refractivity contribution is 0.628. The molecule has 0 saturated carbocycles. The van der Waals surface area contributed by atoms with Gasteiger partial charge in [-0.3, -0.25) is 5.10 Å². The van der Waals surface area contributed by atoms with Crippen molar-refractivity contribution in [2.24, 2.45) is 5.73 Å². The van der Waals surface area contributed by atoms with Crippen molar-refractivity contribution in [3.8, 4) is 11.4 Å². The summed E-state index contributed by atoms with van der Waals surface area (Å²) < 4.78 is 14.1. The molecule has 1 unspecified atom stereocenters. The van der Waals surface area contributed by atoms with Crippen LogP contribution in [0, 0.1) is 5.82 Å². The van der Waals surface area contributed by atoms with Crippen molar-refractivity contribution in [3.63, 3.8) is 0 Å². The molecule has 1 aliphatic heterocycles. The van der Waals surface area contributed by atoms with Gasteiger partial charge in [0.2, 0.25) is 5.95 Å². The van der Waals surface area contributed by atoms with E-state index in [2.05, 4.69) is 31.1 Å². The minimum Gasteiger partial charge on any atom is -0.338 e. The second-order valence-electron chi connectivity index (χ2n) is 4.60. The number of anilines is 1. The van der Waals surface area contributed by atoms with Crippen LogP contribution in [0.5, 0.6) is 0 Å². The van der Waals surface area contributed by atoms with Crippen LogP contribution in [0.3, 0.4) is 0 Å². The molecule has 1 aliphatic rings. The van der Waals surface area contributed by atoms with E-state index in [1.807, 2.05) is 4.90 Å². The molecule has 19 heavy (non-hydrogen) atoms. The van der Waals surface area contributed by atoms with Gasteiger partial charge in [-0.05, 0) is 24.6 Å². The minimum absolute atomic E-state index is 0.169. The standard InChI is InChI=1S/C12H13BrFN5/c13-10-2-1-7(14)5-9(10)11-16-12(18-17-11)19-4-3-8(15)6-19/h1-2,5,8H,3-4,6,15H2,(H,16,17,18). The SMILES string of the molecule is NC1CCN(c2n[nH]c(-c3cc(F)ccc3Br)n2)C1. The largest absolute Gasteiger partial charge is 0.338 e. The van der Waals surface area contributed by atoms with Crippen LogP contribution < -0.4 is 10.6 Å². The van der Waals surface area contributed by atoms with Crippen LogP contribution in [0.4, 0.5) is 10.3 Å². The van der Waals surface area contributed by atoms with Crippen LogP contribution in [-0.2, 0) is 0 Å². The number of rotatable bonds is 2. The summed E-state index contributed by atoms with van der Waals surface area (Å²) in [6, 6.07) is 4.63. The van der Waals surface area contributed by atoms with Crippen molar-refractivity contribution in [2.75, 3.05) is 18.0 Å². The fourth-order valence-corrected chi connectivity index (χ4v) is 2.60. The summed E-state index contributed by atoms with van der Waals surface area (Å²) in [7, 11) is 0. The van der Waals surface area contributed by atoms with Crippen LogP contribution in [-0.4, -0.2) is 34.3 Å². The first-order valence-corrected chi connectivity index (χ1v) is 6.81. The molecule has 1 aromatic heterocycles. The van der Waals surface area contributed by atoms with Gasteiger partial charge in [0.05, 0.1) is 0 Å². The second kappa shape index (κ2) is 4.90. The summed E-state index contributed by atoms with van der Waals surface area (Å²) in [5, 5.41) is 7.01. The normalized spacial score (nSPS) is 19.1. The van der Waals surface area contributed by atoms with E-state index in [-0.39, 0.29) is 11.9 Å². The Kier molecular flexibility index (Phi) is 3.24. The molecular formula is C12H13BrFN5. The van der Waals surface area contributed by atoms with Crippen LogP contribution >= 0.6 is 15.9 Å². The molecule has 1 saturated heterocycles.